The Morgan fingerprint density at radius 2 is 1.83 bits per heavy atom. The van der Waals surface area contributed by atoms with Gasteiger partial charge in [0.2, 0.25) is 0 Å². The topological polar surface area (TPSA) is 86.5 Å². The van der Waals surface area contributed by atoms with Gasteiger partial charge in [-0.05, 0) is 65.2 Å². The van der Waals surface area contributed by atoms with Gasteiger partial charge in [-0.25, -0.2) is 4.39 Å². The van der Waals surface area contributed by atoms with Crippen LogP contribution in [0.1, 0.15) is 32.6 Å². The normalized spacial score (nSPS) is 11.6. The lowest BCUT2D eigenvalue weighted by atomic mass is 10.0. The van der Waals surface area contributed by atoms with Gasteiger partial charge in [0.25, 0.3) is 5.91 Å². The third-order valence-corrected chi connectivity index (χ3v) is 7.19. The molecule has 41 heavy (non-hydrogen) atoms. The molecule has 0 bridgehead atoms. The van der Waals surface area contributed by atoms with Crippen LogP contribution in [0.15, 0.2) is 97.3 Å². The van der Waals surface area contributed by atoms with Gasteiger partial charge in [0, 0.05) is 46.2 Å². The maximum atomic E-state index is 13.4. The van der Waals surface area contributed by atoms with E-state index < -0.39 is 0 Å². The van der Waals surface area contributed by atoms with Gasteiger partial charge in [0.15, 0.2) is 0 Å². The summed E-state index contributed by atoms with van der Waals surface area (Å²) >= 11 is 6.31. The Morgan fingerprint density at radius 1 is 1.02 bits per heavy atom. The van der Waals surface area contributed by atoms with Crippen LogP contribution in [0.5, 0.6) is 0 Å². The SMILES string of the molecule is N#C/C(=C\c1cn(Cc2ccc(F)cc2)c2cc(Cl)ccc12)c1cccc(C(=O)NCc2ccc3cn[nH]c3c2)c1. The number of hydrogen-bond acceptors (Lipinski definition) is 3. The van der Waals surface area contributed by atoms with Gasteiger partial charge in [-0.15, -0.1) is 0 Å². The molecule has 6 aromatic rings. The maximum absolute atomic E-state index is 13.4. The molecule has 0 saturated heterocycles. The second kappa shape index (κ2) is 11.1. The number of hydrogen-bond donors (Lipinski definition) is 2. The summed E-state index contributed by atoms with van der Waals surface area (Å²) in [5, 5.41) is 22.5. The fourth-order valence-corrected chi connectivity index (χ4v) is 5.03. The van der Waals surface area contributed by atoms with E-state index in [-0.39, 0.29) is 11.7 Å². The van der Waals surface area contributed by atoms with Crippen LogP contribution in [-0.2, 0) is 13.1 Å². The summed E-state index contributed by atoms with van der Waals surface area (Å²) in [4.78, 5) is 13.0. The molecule has 0 aliphatic rings. The minimum absolute atomic E-state index is 0.237. The zero-order valence-electron chi connectivity index (χ0n) is 21.7. The second-order valence-electron chi connectivity index (χ2n) is 9.73. The van der Waals surface area contributed by atoms with Crippen molar-refractivity contribution in [3.63, 3.8) is 0 Å². The summed E-state index contributed by atoms with van der Waals surface area (Å²) in [6, 6.07) is 27.1. The van der Waals surface area contributed by atoms with Crippen LogP contribution >= 0.6 is 11.6 Å². The van der Waals surface area contributed by atoms with Gasteiger partial charge >= 0.3 is 0 Å². The first-order chi connectivity index (χ1) is 20.0. The Morgan fingerprint density at radius 3 is 2.66 bits per heavy atom. The van der Waals surface area contributed by atoms with E-state index in [1.807, 2.05) is 59.3 Å². The number of allylic oxidation sites excluding steroid dienone is 1. The molecule has 2 aromatic heterocycles. The van der Waals surface area contributed by atoms with Gasteiger partial charge in [-0.3, -0.25) is 9.89 Å². The molecule has 0 atom stereocenters. The number of rotatable bonds is 7. The fourth-order valence-electron chi connectivity index (χ4n) is 4.87. The quantitative estimate of drug-likeness (QED) is 0.200. The summed E-state index contributed by atoms with van der Waals surface area (Å²) < 4.78 is 15.5. The van der Waals surface area contributed by atoms with E-state index in [1.54, 1.807) is 36.5 Å². The van der Waals surface area contributed by atoms with Crippen molar-refractivity contribution in [3.05, 3.63) is 136 Å². The minimum Gasteiger partial charge on any atom is -0.348 e. The zero-order chi connectivity index (χ0) is 28.3. The zero-order valence-corrected chi connectivity index (χ0v) is 22.5. The summed E-state index contributed by atoms with van der Waals surface area (Å²) in [6.07, 6.45) is 5.52. The molecule has 6 nitrogen and oxygen atoms in total. The standard InChI is InChI=1S/C33H23ClFN5O/c34-28-8-11-30-27(20-40(32(30)15-28)19-21-5-9-29(35)10-6-21)14-26(16-36)23-2-1-3-24(13-23)33(41)37-17-22-4-7-25-18-38-39-31(25)12-22/h1-15,18,20H,17,19H2,(H,37,41)(H,38,39)/b26-14+. The number of halogens is 2. The van der Waals surface area contributed by atoms with Crippen molar-refractivity contribution in [1.82, 2.24) is 20.1 Å². The Labute approximate surface area is 240 Å². The molecular weight excluding hydrogens is 537 g/mol. The molecule has 1 amide bonds. The lowest BCUT2D eigenvalue weighted by molar-refractivity contribution is 0.0951. The van der Waals surface area contributed by atoms with Crippen molar-refractivity contribution in [1.29, 1.82) is 5.26 Å². The Kier molecular flexibility index (Phi) is 7.07. The number of nitriles is 1. The van der Waals surface area contributed by atoms with Crippen LogP contribution in [0.25, 0.3) is 33.5 Å². The first kappa shape index (κ1) is 26.1. The molecule has 0 unspecified atom stereocenters. The molecular formula is C33H23ClFN5O. The largest absolute Gasteiger partial charge is 0.348 e. The van der Waals surface area contributed by atoms with Crippen molar-refractivity contribution in [3.8, 4) is 6.07 Å². The minimum atomic E-state index is -0.289. The maximum Gasteiger partial charge on any atom is 0.251 e. The number of carbonyl (C=O) groups excluding carboxylic acids is 1. The van der Waals surface area contributed by atoms with E-state index in [0.717, 1.165) is 38.5 Å². The molecule has 6 rings (SSSR count). The molecule has 0 saturated carbocycles. The van der Waals surface area contributed by atoms with Gasteiger partial charge < -0.3 is 9.88 Å². The van der Waals surface area contributed by atoms with E-state index in [9.17, 15) is 14.4 Å². The van der Waals surface area contributed by atoms with E-state index in [2.05, 4.69) is 21.6 Å². The average Bonchev–Trinajstić information content (AvgIpc) is 3.59. The third-order valence-electron chi connectivity index (χ3n) is 6.96. The van der Waals surface area contributed by atoms with Crippen LogP contribution in [0, 0.1) is 17.1 Å². The number of aromatic amines is 1. The molecule has 0 fully saturated rings. The van der Waals surface area contributed by atoms with Crippen LogP contribution in [-0.4, -0.2) is 20.7 Å². The Hall–Kier alpha value is -5.19. The van der Waals surface area contributed by atoms with E-state index >= 15 is 0 Å². The number of nitrogens with zero attached hydrogens (tertiary/aromatic N) is 3. The van der Waals surface area contributed by atoms with E-state index in [4.69, 9.17) is 11.6 Å². The number of fused-ring (bicyclic) bond motifs is 2. The highest BCUT2D eigenvalue weighted by Crippen LogP contribution is 2.29. The van der Waals surface area contributed by atoms with Gasteiger partial charge in [-0.2, -0.15) is 10.4 Å². The molecule has 8 heteroatoms. The number of amides is 1. The number of aromatic nitrogens is 3. The number of H-pyrrole nitrogens is 1. The van der Waals surface area contributed by atoms with Crippen LogP contribution in [0.2, 0.25) is 5.02 Å². The van der Waals surface area contributed by atoms with E-state index in [0.29, 0.717) is 34.8 Å². The number of benzene rings is 4. The Balaban J connectivity index is 1.27. The van der Waals surface area contributed by atoms with Crippen LogP contribution in [0.4, 0.5) is 4.39 Å². The van der Waals surface area contributed by atoms with E-state index in [1.165, 1.54) is 12.1 Å². The van der Waals surface area contributed by atoms with Crippen molar-refractivity contribution < 1.29 is 9.18 Å². The first-order valence-corrected chi connectivity index (χ1v) is 13.3. The lowest BCUT2D eigenvalue weighted by Crippen LogP contribution is -2.22. The van der Waals surface area contributed by atoms with Crippen molar-refractivity contribution >= 4 is 51.0 Å². The monoisotopic (exact) mass is 559 g/mol. The first-order valence-electron chi connectivity index (χ1n) is 12.9. The molecule has 0 aliphatic heterocycles. The molecule has 2 heterocycles. The molecule has 0 radical (unpaired) electrons. The number of carbonyl (C=O) groups is 1. The van der Waals surface area contributed by atoms with Crippen molar-refractivity contribution in [2.75, 3.05) is 0 Å². The highest BCUT2D eigenvalue weighted by Gasteiger charge is 2.13. The third kappa shape index (κ3) is 5.60. The molecule has 4 aromatic carbocycles. The lowest BCUT2D eigenvalue weighted by Gasteiger charge is -2.07. The molecule has 0 spiro atoms. The van der Waals surface area contributed by atoms with Crippen molar-refractivity contribution in [2.24, 2.45) is 0 Å². The highest BCUT2D eigenvalue weighted by molar-refractivity contribution is 6.31. The number of nitrogens with one attached hydrogen (secondary N) is 2. The molecule has 0 aliphatic carbocycles. The summed E-state index contributed by atoms with van der Waals surface area (Å²) in [5.74, 6) is -0.526. The predicted octanol–water partition coefficient (Wildman–Crippen LogP) is 7.35. The van der Waals surface area contributed by atoms with Gasteiger partial charge in [0.1, 0.15) is 5.82 Å². The Bertz CT molecular complexity index is 1980. The summed E-state index contributed by atoms with van der Waals surface area (Å²) in [7, 11) is 0. The second-order valence-corrected chi connectivity index (χ2v) is 10.2. The predicted molar refractivity (Wildman–Crippen MR) is 160 cm³/mol. The average molecular weight is 560 g/mol. The molecule has 200 valence electrons. The van der Waals surface area contributed by atoms with Crippen LogP contribution in [0.3, 0.4) is 0 Å². The fraction of sp³-hybridized carbons (Fsp3) is 0.0606. The van der Waals surface area contributed by atoms with Gasteiger partial charge in [0.05, 0.1) is 28.9 Å². The smallest absolute Gasteiger partial charge is 0.251 e. The summed E-state index contributed by atoms with van der Waals surface area (Å²) in [6.45, 7) is 0.866. The summed E-state index contributed by atoms with van der Waals surface area (Å²) in [5.41, 5.74) is 6.02. The van der Waals surface area contributed by atoms with Crippen LogP contribution < -0.4 is 5.32 Å². The highest BCUT2D eigenvalue weighted by atomic mass is 35.5. The van der Waals surface area contributed by atoms with Crippen molar-refractivity contribution in [2.45, 2.75) is 13.1 Å². The van der Waals surface area contributed by atoms with Gasteiger partial charge in [-0.1, -0.05) is 54.1 Å². The molecule has 2 N–H and O–H groups in total.